The maximum Gasteiger partial charge on any atom is 0.303 e. The number of amides is 1. The molecule has 3 aliphatic rings. The molecular weight excluding hydrogens is 518 g/mol. The molecule has 3 aromatic rings. The van der Waals surface area contributed by atoms with Crippen LogP contribution in [0.1, 0.15) is 51.3 Å². The Balaban J connectivity index is 1.43. The summed E-state index contributed by atoms with van der Waals surface area (Å²) in [5, 5.41) is 12.1. The number of nitrogens with zero attached hydrogens (tertiary/aromatic N) is 1. The van der Waals surface area contributed by atoms with Crippen LogP contribution < -0.4 is 9.62 Å². The predicted octanol–water partition coefficient (Wildman–Crippen LogP) is 3.96. The summed E-state index contributed by atoms with van der Waals surface area (Å²) in [5.41, 5.74) is 5.58. The van der Waals surface area contributed by atoms with E-state index in [1.54, 1.807) is 24.3 Å². The van der Waals surface area contributed by atoms with E-state index in [0.29, 0.717) is 58.8 Å². The molecule has 0 radical (unpaired) electrons. The largest absolute Gasteiger partial charge is 0.481 e. The topological polar surface area (TPSA) is 137 Å². The summed E-state index contributed by atoms with van der Waals surface area (Å²) < 4.78 is 28.7. The Morgan fingerprint density at radius 3 is 2.72 bits per heavy atom. The molecule has 0 bridgehead atoms. The number of aromatic nitrogens is 1. The predicted molar refractivity (Wildman–Crippen MR) is 146 cm³/mol. The van der Waals surface area contributed by atoms with Gasteiger partial charge >= 0.3 is 5.97 Å². The van der Waals surface area contributed by atoms with Crippen molar-refractivity contribution in [2.75, 3.05) is 16.2 Å². The van der Waals surface area contributed by atoms with Crippen LogP contribution in [0.3, 0.4) is 0 Å². The highest BCUT2D eigenvalue weighted by Crippen LogP contribution is 2.39. The number of rotatable bonds is 6. The summed E-state index contributed by atoms with van der Waals surface area (Å²) in [6, 6.07) is 11.9. The monoisotopic (exact) mass is 543 g/mol. The van der Waals surface area contributed by atoms with Gasteiger partial charge in [-0.25, -0.2) is 8.42 Å². The number of anilines is 2. The maximum absolute atomic E-state index is 13.6. The molecular formula is C29H25N3O6S. The molecule has 2 aromatic carbocycles. The van der Waals surface area contributed by atoms with Crippen molar-refractivity contribution in [1.82, 2.24) is 4.98 Å². The van der Waals surface area contributed by atoms with Gasteiger partial charge in [0.25, 0.3) is 15.9 Å². The number of fused-ring (bicyclic) bond motifs is 3. The van der Waals surface area contributed by atoms with Crippen LogP contribution in [0.4, 0.5) is 11.4 Å². The second-order valence-electron chi connectivity index (χ2n) is 9.97. The van der Waals surface area contributed by atoms with Gasteiger partial charge in [-0.3, -0.25) is 18.7 Å². The molecule has 1 aliphatic carbocycles. The molecule has 6 rings (SSSR count). The Hall–Kier alpha value is -4.44. The summed E-state index contributed by atoms with van der Waals surface area (Å²) in [6.45, 7) is 4.26. The Labute approximate surface area is 224 Å². The van der Waals surface area contributed by atoms with E-state index in [1.165, 1.54) is 16.4 Å². The number of benzene rings is 2. The lowest BCUT2D eigenvalue weighted by molar-refractivity contribution is -0.137. The third-order valence-electron chi connectivity index (χ3n) is 7.41. The molecule has 3 N–H and O–H groups in total. The Bertz CT molecular complexity index is 1750. The zero-order chi connectivity index (χ0) is 27.5. The summed E-state index contributed by atoms with van der Waals surface area (Å²) >= 11 is 0. The number of hydrogen-bond donors (Lipinski definition) is 3. The first kappa shape index (κ1) is 24.9. The molecule has 0 atom stereocenters. The van der Waals surface area contributed by atoms with Crippen molar-refractivity contribution in [3.63, 3.8) is 0 Å². The lowest BCUT2D eigenvalue weighted by atomic mass is 9.89. The molecule has 2 aliphatic heterocycles. The van der Waals surface area contributed by atoms with Crippen LogP contribution in [-0.2, 0) is 38.9 Å². The Kier molecular flexibility index (Phi) is 5.80. The first-order valence-corrected chi connectivity index (χ1v) is 14.0. The zero-order valence-electron chi connectivity index (χ0n) is 20.9. The smallest absolute Gasteiger partial charge is 0.303 e. The Morgan fingerprint density at radius 2 is 1.92 bits per heavy atom. The van der Waals surface area contributed by atoms with E-state index in [1.807, 2.05) is 12.1 Å². The highest BCUT2D eigenvalue weighted by Gasteiger charge is 2.34. The van der Waals surface area contributed by atoms with Crippen LogP contribution in [0.2, 0.25) is 0 Å². The van der Waals surface area contributed by atoms with E-state index in [4.69, 9.17) is 0 Å². The minimum absolute atomic E-state index is 0.0590. The van der Waals surface area contributed by atoms with Crippen molar-refractivity contribution < 1.29 is 27.9 Å². The number of sulfonamides is 1. The van der Waals surface area contributed by atoms with E-state index < -0.39 is 21.9 Å². The van der Waals surface area contributed by atoms with Gasteiger partial charge in [-0.15, -0.1) is 0 Å². The molecule has 0 saturated carbocycles. The summed E-state index contributed by atoms with van der Waals surface area (Å²) in [6.07, 6.45) is 2.76. The number of carboxylic acids is 1. The van der Waals surface area contributed by atoms with E-state index in [-0.39, 0.29) is 35.5 Å². The molecule has 0 spiro atoms. The van der Waals surface area contributed by atoms with E-state index in [2.05, 4.69) is 16.9 Å². The van der Waals surface area contributed by atoms with E-state index >= 15 is 0 Å². The molecule has 0 fully saturated rings. The molecule has 0 saturated heterocycles. The third kappa shape index (κ3) is 4.17. The number of allylic oxidation sites excluding steroid dienone is 1. The lowest BCUT2D eigenvalue weighted by Gasteiger charge is -2.20. The second kappa shape index (κ2) is 9.09. The van der Waals surface area contributed by atoms with Gasteiger partial charge in [0.15, 0.2) is 5.78 Å². The van der Waals surface area contributed by atoms with Crippen LogP contribution >= 0.6 is 0 Å². The molecule has 39 heavy (non-hydrogen) atoms. The fourth-order valence-corrected chi connectivity index (χ4v) is 7.16. The number of carbonyl (C=O) groups excluding carboxylic acids is 2. The number of aromatic amines is 1. The fraction of sp³-hybridized carbons (Fsp3) is 0.207. The number of carbonyl (C=O) groups is 3. The quantitative estimate of drug-likeness (QED) is 0.318. The lowest BCUT2D eigenvalue weighted by Crippen LogP contribution is -2.29. The number of ketones is 1. The Morgan fingerprint density at radius 1 is 1.13 bits per heavy atom. The van der Waals surface area contributed by atoms with Gasteiger partial charge in [0, 0.05) is 54.0 Å². The van der Waals surface area contributed by atoms with Crippen molar-refractivity contribution in [1.29, 1.82) is 0 Å². The van der Waals surface area contributed by atoms with Gasteiger partial charge in [-0.05, 0) is 54.3 Å². The number of carboxylic acid groups (broad SMARTS) is 1. The number of H-pyrrole nitrogens is 1. The zero-order valence-corrected chi connectivity index (χ0v) is 21.7. The first-order valence-electron chi connectivity index (χ1n) is 12.6. The van der Waals surface area contributed by atoms with Crippen LogP contribution in [0.5, 0.6) is 0 Å². The number of Topliss-reactive ketones (excluding diaryl/α,β-unsaturated/α-hetero) is 1. The van der Waals surface area contributed by atoms with Gasteiger partial charge in [-0.1, -0.05) is 30.4 Å². The van der Waals surface area contributed by atoms with Crippen molar-refractivity contribution in [2.24, 2.45) is 0 Å². The number of nitrogens with one attached hydrogen (secondary N) is 2. The molecule has 0 unspecified atom stereocenters. The van der Waals surface area contributed by atoms with Crippen LogP contribution in [-0.4, -0.2) is 42.7 Å². The molecule has 3 heterocycles. The van der Waals surface area contributed by atoms with Crippen LogP contribution in [0.25, 0.3) is 11.6 Å². The van der Waals surface area contributed by atoms with Crippen molar-refractivity contribution in [3.05, 3.63) is 88.3 Å². The molecule has 9 nitrogen and oxygen atoms in total. The highest BCUT2D eigenvalue weighted by molar-refractivity contribution is 7.92. The summed E-state index contributed by atoms with van der Waals surface area (Å²) in [7, 11) is -3.89. The average Bonchev–Trinajstić information content (AvgIpc) is 3.56. The highest BCUT2D eigenvalue weighted by atomic mass is 32.2. The molecule has 1 amide bonds. The third-order valence-corrected chi connectivity index (χ3v) is 9.22. The molecule has 198 valence electrons. The first-order chi connectivity index (χ1) is 18.6. The normalized spacial score (nSPS) is 17.3. The second-order valence-corrected chi connectivity index (χ2v) is 11.8. The van der Waals surface area contributed by atoms with Gasteiger partial charge in [0.05, 0.1) is 16.2 Å². The summed E-state index contributed by atoms with van der Waals surface area (Å²) in [4.78, 5) is 40.5. The van der Waals surface area contributed by atoms with Crippen molar-refractivity contribution in [2.45, 2.75) is 37.0 Å². The minimum Gasteiger partial charge on any atom is -0.481 e. The van der Waals surface area contributed by atoms with E-state index in [0.717, 1.165) is 11.1 Å². The van der Waals surface area contributed by atoms with Gasteiger partial charge in [0.1, 0.15) is 0 Å². The van der Waals surface area contributed by atoms with Crippen LogP contribution in [0.15, 0.2) is 59.5 Å². The SMILES string of the molecule is C=C1CC(=O)c2c([nH]c(/C=C3\C(=O)Nc4ccc(S(=O)(=O)N5CCc6ccccc65)cc43)c2CCC(=O)O)C1. The molecule has 1 aromatic heterocycles. The standard InChI is InChI=1S/C29H25N3O6S/c1-16-12-24-28(26(33)13-16)19(7-9-27(34)35)23(30-24)15-21-20-14-18(6-8-22(20)31-29(21)36)39(37,38)32-11-10-17-4-2-3-5-25(17)32/h2-6,8,14-15,30H,1,7,9-13H2,(H,31,36)(H,34,35)/b21-15-. The van der Waals surface area contributed by atoms with Crippen molar-refractivity contribution in [3.8, 4) is 0 Å². The van der Waals surface area contributed by atoms with Gasteiger partial charge < -0.3 is 15.4 Å². The van der Waals surface area contributed by atoms with Gasteiger partial charge in [0.2, 0.25) is 0 Å². The maximum atomic E-state index is 13.6. The van der Waals surface area contributed by atoms with Crippen LogP contribution in [0, 0.1) is 0 Å². The fourth-order valence-electron chi connectivity index (χ4n) is 5.63. The van der Waals surface area contributed by atoms with Gasteiger partial charge in [-0.2, -0.15) is 0 Å². The number of aliphatic carboxylic acids is 1. The van der Waals surface area contributed by atoms with Crippen molar-refractivity contribution >= 4 is 50.7 Å². The average molecular weight is 544 g/mol. The number of hydrogen-bond acceptors (Lipinski definition) is 5. The molecule has 10 heteroatoms. The minimum atomic E-state index is -3.89. The van der Waals surface area contributed by atoms with E-state index in [9.17, 15) is 27.9 Å². The summed E-state index contributed by atoms with van der Waals surface area (Å²) in [5.74, 6) is -1.56. The number of para-hydroxylation sites is 1.